The molecule has 2 rings (SSSR count). The summed E-state index contributed by atoms with van der Waals surface area (Å²) in [5, 5.41) is 0. The Morgan fingerprint density at radius 1 is 1.10 bits per heavy atom. The van der Waals surface area contributed by atoms with Crippen LogP contribution in [-0.2, 0) is 4.74 Å². The standard InChI is InChI=1S/C8H15NO/c1-3-9-4-6-10-5-2-8(1)7-9/h8H,1-7H2. The highest BCUT2D eigenvalue weighted by Crippen LogP contribution is 2.20. The van der Waals surface area contributed by atoms with E-state index in [0.29, 0.717) is 0 Å². The molecule has 2 heteroatoms. The van der Waals surface area contributed by atoms with E-state index in [4.69, 9.17) is 4.74 Å². The molecule has 0 amide bonds. The second kappa shape index (κ2) is 2.89. The highest BCUT2D eigenvalue weighted by molar-refractivity contribution is 4.76. The zero-order chi connectivity index (χ0) is 6.81. The molecule has 2 bridgehead atoms. The van der Waals surface area contributed by atoms with Gasteiger partial charge in [-0.3, -0.25) is 0 Å². The molecule has 2 fully saturated rings. The fourth-order valence-electron chi connectivity index (χ4n) is 1.90. The van der Waals surface area contributed by atoms with Gasteiger partial charge in [-0.15, -0.1) is 0 Å². The molecule has 0 radical (unpaired) electrons. The van der Waals surface area contributed by atoms with E-state index < -0.39 is 0 Å². The van der Waals surface area contributed by atoms with Crippen LogP contribution in [0.3, 0.4) is 0 Å². The average Bonchev–Trinajstić information content (AvgIpc) is 2.30. The number of hydrogen-bond acceptors (Lipinski definition) is 2. The summed E-state index contributed by atoms with van der Waals surface area (Å²) < 4.78 is 5.41. The molecule has 0 N–H and O–H groups in total. The first-order valence-electron chi connectivity index (χ1n) is 4.25. The van der Waals surface area contributed by atoms with Gasteiger partial charge in [-0.25, -0.2) is 0 Å². The summed E-state index contributed by atoms with van der Waals surface area (Å²) in [6.07, 6.45) is 2.69. The molecule has 0 aromatic carbocycles. The van der Waals surface area contributed by atoms with Gasteiger partial charge in [0.05, 0.1) is 6.61 Å². The fourth-order valence-corrected chi connectivity index (χ4v) is 1.90. The Labute approximate surface area is 62.2 Å². The van der Waals surface area contributed by atoms with Crippen LogP contribution >= 0.6 is 0 Å². The molecule has 0 aromatic rings. The minimum Gasteiger partial charge on any atom is -0.380 e. The smallest absolute Gasteiger partial charge is 0.0593 e. The Kier molecular flexibility index (Phi) is 1.91. The molecule has 2 unspecified atom stereocenters. The quantitative estimate of drug-likeness (QED) is 0.493. The van der Waals surface area contributed by atoms with E-state index in [1.165, 1.54) is 25.9 Å². The van der Waals surface area contributed by atoms with Gasteiger partial charge >= 0.3 is 0 Å². The van der Waals surface area contributed by atoms with Crippen molar-refractivity contribution < 1.29 is 4.74 Å². The molecular formula is C8H15NO. The van der Waals surface area contributed by atoms with Crippen molar-refractivity contribution in [2.45, 2.75) is 12.8 Å². The predicted molar refractivity (Wildman–Crippen MR) is 40.0 cm³/mol. The van der Waals surface area contributed by atoms with Crippen molar-refractivity contribution in [2.75, 3.05) is 32.8 Å². The van der Waals surface area contributed by atoms with Gasteiger partial charge < -0.3 is 9.64 Å². The minimum absolute atomic E-state index is 0.945. The molecule has 2 aliphatic rings. The maximum absolute atomic E-state index is 5.41. The van der Waals surface area contributed by atoms with Gasteiger partial charge in [-0.2, -0.15) is 0 Å². The summed E-state index contributed by atoms with van der Waals surface area (Å²) in [5.74, 6) is 0.945. The van der Waals surface area contributed by atoms with E-state index in [9.17, 15) is 0 Å². The Morgan fingerprint density at radius 2 is 2.10 bits per heavy atom. The van der Waals surface area contributed by atoms with Crippen LogP contribution in [0.25, 0.3) is 0 Å². The number of nitrogens with zero attached hydrogens (tertiary/aromatic N) is 1. The van der Waals surface area contributed by atoms with Crippen molar-refractivity contribution in [1.82, 2.24) is 4.90 Å². The monoisotopic (exact) mass is 141 g/mol. The molecule has 0 aromatic heterocycles. The van der Waals surface area contributed by atoms with Gasteiger partial charge in [0.15, 0.2) is 0 Å². The van der Waals surface area contributed by atoms with E-state index >= 15 is 0 Å². The van der Waals surface area contributed by atoms with Crippen LogP contribution in [0.2, 0.25) is 0 Å². The van der Waals surface area contributed by atoms with Gasteiger partial charge in [0, 0.05) is 19.7 Å². The highest BCUT2D eigenvalue weighted by atomic mass is 16.5. The lowest BCUT2D eigenvalue weighted by Crippen LogP contribution is -2.27. The third-order valence-corrected chi connectivity index (χ3v) is 2.59. The van der Waals surface area contributed by atoms with Gasteiger partial charge in [0.25, 0.3) is 0 Å². The lowest BCUT2D eigenvalue weighted by atomic mass is 10.1. The molecule has 2 nitrogen and oxygen atoms in total. The van der Waals surface area contributed by atoms with E-state index in [1.54, 1.807) is 0 Å². The van der Waals surface area contributed by atoms with Gasteiger partial charge in [-0.05, 0) is 25.3 Å². The first-order valence-corrected chi connectivity index (χ1v) is 4.25. The number of ether oxygens (including phenoxy) is 1. The van der Waals surface area contributed by atoms with Crippen LogP contribution in [0, 0.1) is 5.92 Å². The SMILES string of the molecule is C1CC2CCN(CCO1)C2. The molecule has 2 aliphatic heterocycles. The van der Waals surface area contributed by atoms with Crippen LogP contribution < -0.4 is 0 Å². The molecule has 58 valence electrons. The first-order chi connectivity index (χ1) is 4.95. The van der Waals surface area contributed by atoms with Crippen LogP contribution in [0.15, 0.2) is 0 Å². The topological polar surface area (TPSA) is 12.5 Å². The van der Waals surface area contributed by atoms with Crippen LogP contribution in [-0.4, -0.2) is 37.7 Å². The second-order valence-electron chi connectivity index (χ2n) is 3.36. The number of rotatable bonds is 0. The Morgan fingerprint density at radius 3 is 3.10 bits per heavy atom. The van der Waals surface area contributed by atoms with Crippen molar-refractivity contribution >= 4 is 0 Å². The third-order valence-electron chi connectivity index (χ3n) is 2.59. The molecule has 0 spiro atoms. The summed E-state index contributed by atoms with van der Waals surface area (Å²) in [6.45, 7) is 5.76. The molecule has 2 heterocycles. The van der Waals surface area contributed by atoms with E-state index in [-0.39, 0.29) is 0 Å². The van der Waals surface area contributed by atoms with E-state index in [2.05, 4.69) is 4.90 Å². The van der Waals surface area contributed by atoms with Crippen molar-refractivity contribution in [3.05, 3.63) is 0 Å². The maximum Gasteiger partial charge on any atom is 0.0593 e. The molecule has 0 aliphatic carbocycles. The number of hydrogen-bond donors (Lipinski definition) is 0. The average molecular weight is 141 g/mol. The lowest BCUT2D eigenvalue weighted by Gasteiger charge is -2.19. The molecular weight excluding hydrogens is 126 g/mol. The molecule has 2 saturated heterocycles. The maximum atomic E-state index is 5.41. The third kappa shape index (κ3) is 1.32. The second-order valence-corrected chi connectivity index (χ2v) is 3.36. The Bertz CT molecular complexity index is 104. The Balaban J connectivity index is 1.91. The zero-order valence-electron chi connectivity index (χ0n) is 6.38. The van der Waals surface area contributed by atoms with Crippen molar-refractivity contribution in [3.8, 4) is 0 Å². The normalized spacial score (nSPS) is 40.8. The van der Waals surface area contributed by atoms with Crippen LogP contribution in [0.4, 0.5) is 0 Å². The van der Waals surface area contributed by atoms with Crippen molar-refractivity contribution in [3.63, 3.8) is 0 Å². The molecule has 10 heavy (non-hydrogen) atoms. The van der Waals surface area contributed by atoms with E-state index in [1.807, 2.05) is 0 Å². The minimum atomic E-state index is 0.945. The van der Waals surface area contributed by atoms with Crippen LogP contribution in [0.5, 0.6) is 0 Å². The molecule has 0 saturated carbocycles. The Hall–Kier alpha value is -0.0800. The highest BCUT2D eigenvalue weighted by Gasteiger charge is 2.23. The number of fused-ring (bicyclic) bond motifs is 2. The van der Waals surface area contributed by atoms with Gasteiger partial charge in [-0.1, -0.05) is 0 Å². The van der Waals surface area contributed by atoms with E-state index in [0.717, 1.165) is 25.7 Å². The molecule has 2 atom stereocenters. The summed E-state index contributed by atoms with van der Waals surface area (Å²) in [4.78, 5) is 2.52. The van der Waals surface area contributed by atoms with Gasteiger partial charge in [0.1, 0.15) is 0 Å². The van der Waals surface area contributed by atoms with Crippen LogP contribution in [0.1, 0.15) is 12.8 Å². The summed E-state index contributed by atoms with van der Waals surface area (Å²) >= 11 is 0. The predicted octanol–water partition coefficient (Wildman–Crippen LogP) is 0.729. The summed E-state index contributed by atoms with van der Waals surface area (Å²) in [6, 6.07) is 0. The summed E-state index contributed by atoms with van der Waals surface area (Å²) in [5.41, 5.74) is 0. The first kappa shape index (κ1) is 6.62. The summed E-state index contributed by atoms with van der Waals surface area (Å²) in [7, 11) is 0. The zero-order valence-corrected chi connectivity index (χ0v) is 6.38. The van der Waals surface area contributed by atoms with Crippen molar-refractivity contribution in [2.24, 2.45) is 5.92 Å². The van der Waals surface area contributed by atoms with Gasteiger partial charge in [0.2, 0.25) is 0 Å². The fraction of sp³-hybridized carbons (Fsp3) is 1.00. The largest absolute Gasteiger partial charge is 0.380 e. The van der Waals surface area contributed by atoms with Crippen molar-refractivity contribution in [1.29, 1.82) is 0 Å². The lowest BCUT2D eigenvalue weighted by molar-refractivity contribution is 0.0864.